The summed E-state index contributed by atoms with van der Waals surface area (Å²) in [6, 6.07) is 39.6. The zero-order valence-corrected chi connectivity index (χ0v) is 20.1. The number of nitrogens with two attached hydrogens (primary N) is 2. The van der Waals surface area contributed by atoms with Crippen molar-refractivity contribution in [1.82, 2.24) is 0 Å². The van der Waals surface area contributed by atoms with Crippen LogP contribution in [0.2, 0.25) is 0 Å². The molecule has 5 aromatic carbocycles. The van der Waals surface area contributed by atoms with Gasteiger partial charge in [-0.25, -0.2) is 0 Å². The second-order valence-corrected chi connectivity index (χ2v) is 9.02. The molecule has 0 spiro atoms. The molecule has 0 amide bonds. The number of anilines is 2. The van der Waals surface area contributed by atoms with Gasteiger partial charge < -0.3 is 11.5 Å². The number of nitrogen functional groups attached to an aromatic ring is 2. The molecule has 0 radical (unpaired) electrons. The van der Waals surface area contributed by atoms with Crippen molar-refractivity contribution in [2.45, 2.75) is 26.2 Å². The molecular weight excluding hydrogens is 412 g/mol. The van der Waals surface area contributed by atoms with E-state index in [-0.39, 0.29) is 0 Å². The Balaban J connectivity index is 0.000000226. The Labute approximate surface area is 202 Å². The Morgan fingerprint density at radius 2 is 0.882 bits per heavy atom. The lowest BCUT2D eigenvalue weighted by molar-refractivity contribution is 0.696. The van der Waals surface area contributed by atoms with E-state index in [0.717, 1.165) is 22.5 Å². The van der Waals surface area contributed by atoms with Gasteiger partial charge in [0.05, 0.1) is 0 Å². The van der Waals surface area contributed by atoms with E-state index >= 15 is 0 Å². The molecule has 4 N–H and O–H groups in total. The first-order valence-corrected chi connectivity index (χ1v) is 11.6. The fourth-order valence-corrected chi connectivity index (χ4v) is 4.57. The van der Waals surface area contributed by atoms with E-state index in [9.17, 15) is 0 Å². The Morgan fingerprint density at radius 3 is 1.29 bits per heavy atom. The predicted molar refractivity (Wildman–Crippen MR) is 147 cm³/mol. The summed E-state index contributed by atoms with van der Waals surface area (Å²) in [5, 5.41) is 2.62. The molecule has 0 fully saturated rings. The molecule has 34 heavy (non-hydrogen) atoms. The largest absolute Gasteiger partial charge is 0.398 e. The van der Waals surface area contributed by atoms with Crippen LogP contribution < -0.4 is 11.5 Å². The molecule has 0 unspecified atom stereocenters. The van der Waals surface area contributed by atoms with E-state index in [4.69, 9.17) is 11.5 Å². The van der Waals surface area contributed by atoms with Crippen LogP contribution in [0.4, 0.5) is 11.4 Å². The second kappa shape index (κ2) is 9.84. The van der Waals surface area contributed by atoms with Crippen LogP contribution in [0.3, 0.4) is 0 Å². The first-order valence-electron chi connectivity index (χ1n) is 11.6. The summed E-state index contributed by atoms with van der Waals surface area (Å²) < 4.78 is 0. The highest BCUT2D eigenvalue weighted by molar-refractivity contribution is 5.82. The zero-order valence-electron chi connectivity index (χ0n) is 20.1. The van der Waals surface area contributed by atoms with Gasteiger partial charge in [-0.1, -0.05) is 114 Å². The Bertz CT molecular complexity index is 1290. The molecule has 0 heterocycles. The SMILES string of the molecule is Cc1ccc(N)c(C(C)(c2ccccc2)c2cc(C)ccc2N)c1.c1ccc2ccccc2c1. The molecule has 0 saturated heterocycles. The molecule has 0 aromatic heterocycles. The monoisotopic (exact) mass is 444 g/mol. The predicted octanol–water partition coefficient (Wildman–Crippen LogP) is 7.66. The highest BCUT2D eigenvalue weighted by Crippen LogP contribution is 2.44. The van der Waals surface area contributed by atoms with Gasteiger partial charge >= 0.3 is 0 Å². The van der Waals surface area contributed by atoms with Gasteiger partial charge in [-0.05, 0) is 60.4 Å². The molecule has 2 nitrogen and oxygen atoms in total. The van der Waals surface area contributed by atoms with E-state index in [2.05, 4.69) is 106 Å². The molecule has 0 aliphatic carbocycles. The van der Waals surface area contributed by atoms with E-state index < -0.39 is 5.41 Å². The molecular formula is C32H32N2. The highest BCUT2D eigenvalue weighted by atomic mass is 14.6. The van der Waals surface area contributed by atoms with E-state index in [1.165, 1.54) is 27.5 Å². The molecule has 5 aromatic rings. The van der Waals surface area contributed by atoms with Crippen LogP contribution in [-0.2, 0) is 5.41 Å². The summed E-state index contributed by atoms with van der Waals surface area (Å²) >= 11 is 0. The van der Waals surface area contributed by atoms with Gasteiger partial charge in [0.1, 0.15) is 0 Å². The molecule has 0 atom stereocenters. The number of rotatable bonds is 3. The summed E-state index contributed by atoms with van der Waals surface area (Å²) in [6.07, 6.45) is 0. The molecule has 5 rings (SSSR count). The van der Waals surface area contributed by atoms with Crippen molar-refractivity contribution in [3.63, 3.8) is 0 Å². The van der Waals surface area contributed by atoms with Crippen LogP contribution in [0.25, 0.3) is 10.8 Å². The van der Waals surface area contributed by atoms with Crippen LogP contribution >= 0.6 is 0 Å². The molecule has 170 valence electrons. The Hall–Kier alpha value is -4.04. The zero-order chi connectivity index (χ0) is 24.1. The van der Waals surface area contributed by atoms with E-state index in [1.54, 1.807) is 0 Å². The van der Waals surface area contributed by atoms with Gasteiger partial charge in [0.15, 0.2) is 0 Å². The van der Waals surface area contributed by atoms with Crippen LogP contribution in [0.15, 0.2) is 115 Å². The minimum absolute atomic E-state index is 0.409. The summed E-state index contributed by atoms with van der Waals surface area (Å²) in [5.41, 5.74) is 19.7. The van der Waals surface area contributed by atoms with Crippen molar-refractivity contribution in [2.75, 3.05) is 11.5 Å². The van der Waals surface area contributed by atoms with Crippen molar-refractivity contribution < 1.29 is 0 Å². The summed E-state index contributed by atoms with van der Waals surface area (Å²) in [6.45, 7) is 6.39. The van der Waals surface area contributed by atoms with Gasteiger partial charge in [0, 0.05) is 16.8 Å². The number of hydrogen-bond donors (Lipinski definition) is 2. The van der Waals surface area contributed by atoms with Crippen LogP contribution in [0.1, 0.15) is 34.7 Å². The van der Waals surface area contributed by atoms with Crippen molar-refractivity contribution in [3.05, 3.63) is 143 Å². The van der Waals surface area contributed by atoms with Crippen LogP contribution in [0.5, 0.6) is 0 Å². The Morgan fingerprint density at radius 1 is 0.500 bits per heavy atom. The maximum atomic E-state index is 6.40. The third-order valence-corrected chi connectivity index (χ3v) is 6.50. The van der Waals surface area contributed by atoms with E-state index in [1.807, 2.05) is 30.3 Å². The fourth-order valence-electron chi connectivity index (χ4n) is 4.57. The van der Waals surface area contributed by atoms with Crippen molar-refractivity contribution >= 4 is 22.1 Å². The minimum atomic E-state index is -0.409. The van der Waals surface area contributed by atoms with Crippen LogP contribution in [0, 0.1) is 13.8 Å². The average molecular weight is 445 g/mol. The lowest BCUT2D eigenvalue weighted by Crippen LogP contribution is -2.28. The number of benzene rings is 5. The van der Waals surface area contributed by atoms with Gasteiger partial charge in [0.2, 0.25) is 0 Å². The van der Waals surface area contributed by atoms with Crippen molar-refractivity contribution in [1.29, 1.82) is 0 Å². The summed E-state index contributed by atoms with van der Waals surface area (Å²) in [5.74, 6) is 0. The van der Waals surface area contributed by atoms with Crippen LogP contribution in [-0.4, -0.2) is 0 Å². The maximum absolute atomic E-state index is 6.40. The van der Waals surface area contributed by atoms with Gasteiger partial charge in [0.25, 0.3) is 0 Å². The highest BCUT2D eigenvalue weighted by Gasteiger charge is 2.34. The third kappa shape index (κ3) is 4.67. The van der Waals surface area contributed by atoms with Crippen molar-refractivity contribution in [2.24, 2.45) is 0 Å². The lowest BCUT2D eigenvalue weighted by Gasteiger charge is -2.34. The maximum Gasteiger partial charge on any atom is 0.0464 e. The minimum Gasteiger partial charge on any atom is -0.398 e. The number of fused-ring (bicyclic) bond motifs is 1. The van der Waals surface area contributed by atoms with Gasteiger partial charge in [-0.3, -0.25) is 0 Å². The number of hydrogen-bond acceptors (Lipinski definition) is 2. The molecule has 2 heteroatoms. The second-order valence-electron chi connectivity index (χ2n) is 9.02. The molecule has 0 saturated carbocycles. The third-order valence-electron chi connectivity index (χ3n) is 6.50. The Kier molecular flexibility index (Phi) is 6.70. The summed E-state index contributed by atoms with van der Waals surface area (Å²) in [4.78, 5) is 0. The normalized spacial score (nSPS) is 11.0. The standard InChI is InChI=1S/C22H24N2.C10H8/c1-15-9-11-20(23)18(13-15)22(3,17-7-5-4-6-8-17)19-14-16(2)10-12-21(19)24;1-2-6-10-8-4-3-7-9(10)5-1/h4-14H,23-24H2,1-3H3;1-8H. The van der Waals surface area contributed by atoms with E-state index in [0.29, 0.717) is 0 Å². The first-order chi connectivity index (χ1) is 16.4. The topological polar surface area (TPSA) is 52.0 Å². The van der Waals surface area contributed by atoms with Crippen molar-refractivity contribution in [3.8, 4) is 0 Å². The number of aryl methyl sites for hydroxylation is 2. The smallest absolute Gasteiger partial charge is 0.0464 e. The van der Waals surface area contributed by atoms with Gasteiger partial charge in [-0.15, -0.1) is 0 Å². The molecule has 0 aliphatic heterocycles. The lowest BCUT2D eigenvalue weighted by atomic mass is 9.69. The molecule has 0 bridgehead atoms. The fraction of sp³-hybridized carbons (Fsp3) is 0.125. The summed E-state index contributed by atoms with van der Waals surface area (Å²) in [7, 11) is 0. The average Bonchev–Trinajstić information content (AvgIpc) is 2.87. The van der Waals surface area contributed by atoms with Gasteiger partial charge in [-0.2, -0.15) is 0 Å². The first kappa shape index (κ1) is 23.1. The molecule has 0 aliphatic rings. The quantitative estimate of drug-likeness (QED) is 0.222.